The summed E-state index contributed by atoms with van der Waals surface area (Å²) in [4.78, 5) is 4.15. The molecule has 0 aliphatic rings. The summed E-state index contributed by atoms with van der Waals surface area (Å²) in [6.45, 7) is 1.99. The van der Waals surface area contributed by atoms with Crippen molar-refractivity contribution in [2.24, 2.45) is 0 Å². The summed E-state index contributed by atoms with van der Waals surface area (Å²) in [7, 11) is 1.59. The number of ether oxygens (including phenoxy) is 1. The number of methoxy groups -OCH3 is 1. The van der Waals surface area contributed by atoms with Gasteiger partial charge in [0.05, 0.1) is 18.7 Å². The van der Waals surface area contributed by atoms with E-state index in [0.717, 1.165) is 16.7 Å². The number of hydrogen-bond acceptors (Lipinski definition) is 3. The first-order valence-electron chi connectivity index (χ1n) is 5.24. The van der Waals surface area contributed by atoms with Crippen LogP contribution < -0.4 is 4.74 Å². The predicted molar refractivity (Wildman–Crippen MR) is 65.7 cm³/mol. The average Bonchev–Trinajstić information content (AvgIpc) is 2.38. The summed E-state index contributed by atoms with van der Waals surface area (Å²) in [6, 6.07) is 9.60. The fourth-order valence-corrected chi connectivity index (χ4v) is 1.66. The molecule has 0 saturated carbocycles. The Balaban J connectivity index is 2.55. The third kappa shape index (κ3) is 2.43. The standard InChI is InChI=1S/C14H12N2O/c1-10-3-13(9-16-8-10)12-4-11(7-15)5-14(6-12)17-2/h3-6,8-9H,1-2H3. The SMILES string of the molecule is COc1cc(C#N)cc(-c2cncc(C)c2)c1. The Kier molecular flexibility index (Phi) is 3.06. The Labute approximate surface area is 100 Å². The maximum atomic E-state index is 8.96. The molecule has 17 heavy (non-hydrogen) atoms. The molecule has 3 heteroatoms. The van der Waals surface area contributed by atoms with Gasteiger partial charge in [-0.3, -0.25) is 4.98 Å². The van der Waals surface area contributed by atoms with E-state index in [0.29, 0.717) is 11.3 Å². The highest BCUT2D eigenvalue weighted by Gasteiger charge is 2.04. The van der Waals surface area contributed by atoms with Crippen LogP contribution in [0, 0.1) is 18.3 Å². The molecule has 2 aromatic rings. The van der Waals surface area contributed by atoms with Crippen LogP contribution in [0.25, 0.3) is 11.1 Å². The second kappa shape index (κ2) is 4.67. The Hall–Kier alpha value is -2.34. The van der Waals surface area contributed by atoms with Crippen LogP contribution >= 0.6 is 0 Å². The molecule has 0 radical (unpaired) electrons. The zero-order valence-corrected chi connectivity index (χ0v) is 9.77. The summed E-state index contributed by atoms with van der Waals surface area (Å²) < 4.78 is 5.18. The lowest BCUT2D eigenvalue weighted by molar-refractivity contribution is 0.415. The minimum atomic E-state index is 0.584. The van der Waals surface area contributed by atoms with Gasteiger partial charge in [-0.1, -0.05) is 0 Å². The first-order valence-corrected chi connectivity index (χ1v) is 5.24. The molecule has 0 bridgehead atoms. The van der Waals surface area contributed by atoms with Crippen LogP contribution in [0.15, 0.2) is 36.7 Å². The largest absolute Gasteiger partial charge is 0.497 e. The highest BCUT2D eigenvalue weighted by atomic mass is 16.5. The molecule has 0 unspecified atom stereocenters. The van der Waals surface area contributed by atoms with E-state index in [1.807, 2.05) is 25.1 Å². The molecule has 1 aromatic carbocycles. The number of aryl methyl sites for hydroxylation is 1. The number of benzene rings is 1. The molecular weight excluding hydrogens is 212 g/mol. The van der Waals surface area contributed by atoms with Crippen molar-refractivity contribution in [3.05, 3.63) is 47.8 Å². The second-order valence-corrected chi connectivity index (χ2v) is 3.81. The minimum Gasteiger partial charge on any atom is -0.497 e. The van der Waals surface area contributed by atoms with E-state index in [2.05, 4.69) is 11.1 Å². The molecule has 0 aliphatic heterocycles. The van der Waals surface area contributed by atoms with Crippen molar-refractivity contribution in [3.8, 4) is 22.9 Å². The monoisotopic (exact) mass is 224 g/mol. The first-order chi connectivity index (χ1) is 8.22. The van der Waals surface area contributed by atoms with E-state index < -0.39 is 0 Å². The lowest BCUT2D eigenvalue weighted by Crippen LogP contribution is -1.88. The predicted octanol–water partition coefficient (Wildman–Crippen LogP) is 2.94. The van der Waals surface area contributed by atoms with Gasteiger partial charge in [0.2, 0.25) is 0 Å². The molecule has 84 valence electrons. The van der Waals surface area contributed by atoms with Crippen molar-refractivity contribution in [1.29, 1.82) is 5.26 Å². The average molecular weight is 224 g/mol. The van der Waals surface area contributed by atoms with E-state index in [1.165, 1.54) is 0 Å². The smallest absolute Gasteiger partial charge is 0.120 e. The molecule has 1 aromatic heterocycles. The van der Waals surface area contributed by atoms with Gasteiger partial charge >= 0.3 is 0 Å². The Morgan fingerprint density at radius 1 is 1.12 bits per heavy atom. The topological polar surface area (TPSA) is 45.9 Å². The van der Waals surface area contributed by atoms with Crippen molar-refractivity contribution in [2.75, 3.05) is 7.11 Å². The van der Waals surface area contributed by atoms with Gasteiger partial charge in [0, 0.05) is 18.0 Å². The van der Waals surface area contributed by atoms with Crippen LogP contribution in [0.1, 0.15) is 11.1 Å². The summed E-state index contributed by atoms with van der Waals surface area (Å²) in [5, 5.41) is 8.96. The zero-order chi connectivity index (χ0) is 12.3. The van der Waals surface area contributed by atoms with Gasteiger partial charge < -0.3 is 4.74 Å². The number of rotatable bonds is 2. The molecule has 2 rings (SSSR count). The van der Waals surface area contributed by atoms with E-state index in [1.54, 1.807) is 25.6 Å². The Morgan fingerprint density at radius 2 is 1.94 bits per heavy atom. The molecule has 0 spiro atoms. The van der Waals surface area contributed by atoms with Crippen LogP contribution in [-0.4, -0.2) is 12.1 Å². The highest BCUT2D eigenvalue weighted by Crippen LogP contribution is 2.25. The summed E-state index contributed by atoms with van der Waals surface area (Å²) in [5.74, 6) is 0.681. The number of nitriles is 1. The normalized spacial score (nSPS) is 9.71. The summed E-state index contributed by atoms with van der Waals surface area (Å²) in [5.41, 5.74) is 3.60. The van der Waals surface area contributed by atoms with Crippen LogP contribution in [0.5, 0.6) is 5.75 Å². The van der Waals surface area contributed by atoms with Gasteiger partial charge in [0.25, 0.3) is 0 Å². The maximum absolute atomic E-state index is 8.96. The third-order valence-electron chi connectivity index (χ3n) is 2.48. The van der Waals surface area contributed by atoms with Gasteiger partial charge in [-0.15, -0.1) is 0 Å². The molecule has 0 atom stereocenters. The van der Waals surface area contributed by atoms with Crippen molar-refractivity contribution in [3.63, 3.8) is 0 Å². The summed E-state index contributed by atoms with van der Waals surface area (Å²) >= 11 is 0. The van der Waals surface area contributed by atoms with Crippen LogP contribution in [0.3, 0.4) is 0 Å². The van der Waals surface area contributed by atoms with E-state index in [9.17, 15) is 0 Å². The number of pyridine rings is 1. The molecule has 1 heterocycles. The van der Waals surface area contributed by atoms with Crippen molar-refractivity contribution in [2.45, 2.75) is 6.92 Å². The molecular formula is C14H12N2O. The van der Waals surface area contributed by atoms with Crippen LogP contribution in [0.2, 0.25) is 0 Å². The van der Waals surface area contributed by atoms with Crippen molar-refractivity contribution >= 4 is 0 Å². The lowest BCUT2D eigenvalue weighted by Gasteiger charge is -2.06. The van der Waals surface area contributed by atoms with E-state index in [-0.39, 0.29) is 0 Å². The van der Waals surface area contributed by atoms with E-state index in [4.69, 9.17) is 10.00 Å². The van der Waals surface area contributed by atoms with Gasteiger partial charge in [0.15, 0.2) is 0 Å². The second-order valence-electron chi connectivity index (χ2n) is 3.81. The number of hydrogen-bond donors (Lipinski definition) is 0. The highest BCUT2D eigenvalue weighted by molar-refractivity contribution is 5.67. The molecule has 0 N–H and O–H groups in total. The first kappa shape index (κ1) is 11.2. The van der Waals surface area contributed by atoms with Gasteiger partial charge in [0.1, 0.15) is 5.75 Å². The maximum Gasteiger partial charge on any atom is 0.120 e. The van der Waals surface area contributed by atoms with Gasteiger partial charge in [-0.25, -0.2) is 0 Å². The number of aromatic nitrogens is 1. The third-order valence-corrected chi connectivity index (χ3v) is 2.48. The minimum absolute atomic E-state index is 0.584. The van der Waals surface area contributed by atoms with E-state index >= 15 is 0 Å². The van der Waals surface area contributed by atoms with Crippen LogP contribution in [-0.2, 0) is 0 Å². The Bertz CT molecular complexity index is 585. The molecule has 0 aliphatic carbocycles. The Morgan fingerprint density at radius 3 is 2.59 bits per heavy atom. The molecule has 3 nitrogen and oxygen atoms in total. The lowest BCUT2D eigenvalue weighted by atomic mass is 10.0. The molecule has 0 amide bonds. The fourth-order valence-electron chi connectivity index (χ4n) is 1.66. The fraction of sp³-hybridized carbons (Fsp3) is 0.143. The van der Waals surface area contributed by atoms with Gasteiger partial charge in [-0.05, 0) is 42.3 Å². The number of nitrogens with zero attached hydrogens (tertiary/aromatic N) is 2. The molecule has 0 fully saturated rings. The summed E-state index contributed by atoms with van der Waals surface area (Å²) in [6.07, 6.45) is 3.58. The molecule has 0 saturated heterocycles. The van der Waals surface area contributed by atoms with Crippen LogP contribution in [0.4, 0.5) is 0 Å². The van der Waals surface area contributed by atoms with Crippen molar-refractivity contribution < 1.29 is 4.74 Å². The quantitative estimate of drug-likeness (QED) is 0.787. The van der Waals surface area contributed by atoms with Gasteiger partial charge in [-0.2, -0.15) is 5.26 Å². The zero-order valence-electron chi connectivity index (χ0n) is 9.77. The van der Waals surface area contributed by atoms with Crippen molar-refractivity contribution in [1.82, 2.24) is 4.98 Å².